The second kappa shape index (κ2) is 2.99. The lowest BCUT2D eigenvalue weighted by Crippen LogP contribution is -1.92. The van der Waals surface area contributed by atoms with Crippen LogP contribution in [0.2, 0.25) is 0 Å². The molecule has 0 bridgehead atoms. The number of aliphatic hydroxyl groups excluding tert-OH is 1. The first-order chi connectivity index (χ1) is 6.31. The Kier molecular flexibility index (Phi) is 1.83. The van der Waals surface area contributed by atoms with E-state index in [-0.39, 0.29) is 12.4 Å². The summed E-state index contributed by atoms with van der Waals surface area (Å²) in [6.45, 7) is -0.169. The Morgan fingerprint density at radius 1 is 1.31 bits per heavy atom. The van der Waals surface area contributed by atoms with Crippen LogP contribution in [-0.4, -0.2) is 20.2 Å². The van der Waals surface area contributed by atoms with E-state index in [1.165, 1.54) is 12.3 Å². The summed E-state index contributed by atoms with van der Waals surface area (Å²) in [4.78, 5) is 8.06. The molecule has 0 aliphatic heterocycles. The Balaban J connectivity index is 2.74. The van der Waals surface area contributed by atoms with E-state index < -0.39 is 0 Å². The molecule has 1 aromatic carbocycles. The number of aromatic hydroxyl groups is 1. The summed E-state index contributed by atoms with van der Waals surface area (Å²) in [6.07, 6.45) is 1.49. The number of aliphatic hydroxyl groups is 1. The van der Waals surface area contributed by atoms with Gasteiger partial charge in [0, 0.05) is 0 Å². The van der Waals surface area contributed by atoms with Crippen molar-refractivity contribution in [3.05, 3.63) is 30.1 Å². The van der Waals surface area contributed by atoms with Crippen molar-refractivity contribution in [2.45, 2.75) is 6.61 Å². The van der Waals surface area contributed by atoms with Crippen molar-refractivity contribution in [2.24, 2.45) is 0 Å². The third-order valence-corrected chi connectivity index (χ3v) is 1.76. The molecule has 2 N–H and O–H groups in total. The van der Waals surface area contributed by atoms with Gasteiger partial charge >= 0.3 is 0 Å². The maximum absolute atomic E-state index is 9.41. The van der Waals surface area contributed by atoms with Gasteiger partial charge in [-0.1, -0.05) is 6.07 Å². The zero-order valence-electron chi connectivity index (χ0n) is 6.81. The van der Waals surface area contributed by atoms with Gasteiger partial charge in [0.1, 0.15) is 11.3 Å². The van der Waals surface area contributed by atoms with Crippen molar-refractivity contribution >= 4 is 11.0 Å². The van der Waals surface area contributed by atoms with Gasteiger partial charge in [0.2, 0.25) is 0 Å². The molecular formula is C9H8N2O2. The summed E-state index contributed by atoms with van der Waals surface area (Å²) >= 11 is 0. The lowest BCUT2D eigenvalue weighted by molar-refractivity contribution is 0.277. The van der Waals surface area contributed by atoms with Crippen LogP contribution in [0.15, 0.2) is 24.4 Å². The smallest absolute Gasteiger partial charge is 0.143 e. The average Bonchev–Trinajstić information content (AvgIpc) is 2.18. The molecule has 2 rings (SSSR count). The fraction of sp³-hybridized carbons (Fsp3) is 0.111. The first-order valence-corrected chi connectivity index (χ1v) is 3.86. The van der Waals surface area contributed by atoms with Crippen molar-refractivity contribution in [1.29, 1.82) is 0 Å². The van der Waals surface area contributed by atoms with Gasteiger partial charge in [-0.3, -0.25) is 4.98 Å². The highest BCUT2D eigenvalue weighted by molar-refractivity contribution is 5.80. The van der Waals surface area contributed by atoms with Crippen molar-refractivity contribution in [2.75, 3.05) is 0 Å². The van der Waals surface area contributed by atoms with Gasteiger partial charge in [-0.05, 0) is 12.1 Å². The van der Waals surface area contributed by atoms with Crippen LogP contribution in [-0.2, 0) is 6.61 Å². The molecule has 0 radical (unpaired) electrons. The van der Waals surface area contributed by atoms with Crippen molar-refractivity contribution < 1.29 is 10.2 Å². The van der Waals surface area contributed by atoms with E-state index in [0.717, 1.165) is 0 Å². The molecule has 4 nitrogen and oxygen atoms in total. The molecule has 1 heterocycles. The standard InChI is InChI=1S/C9H8N2O2/c12-5-6-4-10-7-2-1-3-8(13)9(7)11-6/h1-4,12-13H,5H2. The molecule has 66 valence electrons. The molecule has 4 heteroatoms. The van der Waals surface area contributed by atoms with Gasteiger partial charge in [-0.2, -0.15) is 0 Å². The zero-order valence-corrected chi connectivity index (χ0v) is 6.81. The predicted molar refractivity (Wildman–Crippen MR) is 47.1 cm³/mol. The Bertz CT molecular complexity index is 443. The number of nitrogens with zero attached hydrogens (tertiary/aromatic N) is 2. The third-order valence-electron chi connectivity index (χ3n) is 1.76. The van der Waals surface area contributed by atoms with E-state index >= 15 is 0 Å². The number of fused-ring (bicyclic) bond motifs is 1. The van der Waals surface area contributed by atoms with Crippen LogP contribution in [0.5, 0.6) is 5.75 Å². The molecule has 0 fully saturated rings. The minimum Gasteiger partial charge on any atom is -0.506 e. The lowest BCUT2D eigenvalue weighted by atomic mass is 10.2. The van der Waals surface area contributed by atoms with Crippen LogP contribution < -0.4 is 0 Å². The number of hydrogen-bond donors (Lipinski definition) is 2. The topological polar surface area (TPSA) is 66.2 Å². The molecule has 0 atom stereocenters. The minimum absolute atomic E-state index is 0.0836. The largest absolute Gasteiger partial charge is 0.506 e. The average molecular weight is 176 g/mol. The van der Waals surface area contributed by atoms with E-state index in [1.807, 2.05) is 0 Å². The third kappa shape index (κ3) is 1.31. The van der Waals surface area contributed by atoms with E-state index in [0.29, 0.717) is 16.7 Å². The van der Waals surface area contributed by atoms with Crippen LogP contribution in [0, 0.1) is 0 Å². The number of aromatic nitrogens is 2. The van der Waals surface area contributed by atoms with Gasteiger partial charge < -0.3 is 10.2 Å². The van der Waals surface area contributed by atoms with Gasteiger partial charge in [0.15, 0.2) is 0 Å². The van der Waals surface area contributed by atoms with Crippen molar-refractivity contribution in [1.82, 2.24) is 9.97 Å². The molecule has 0 spiro atoms. The van der Waals surface area contributed by atoms with E-state index in [2.05, 4.69) is 9.97 Å². The van der Waals surface area contributed by atoms with Gasteiger partial charge in [0.25, 0.3) is 0 Å². The van der Waals surface area contributed by atoms with Gasteiger partial charge in [-0.25, -0.2) is 4.98 Å². The van der Waals surface area contributed by atoms with Crippen molar-refractivity contribution in [3.8, 4) is 5.75 Å². The molecule has 13 heavy (non-hydrogen) atoms. The minimum atomic E-state index is -0.169. The first-order valence-electron chi connectivity index (χ1n) is 3.86. The van der Waals surface area contributed by atoms with E-state index in [4.69, 9.17) is 5.11 Å². The Morgan fingerprint density at radius 2 is 2.15 bits per heavy atom. The molecule has 0 unspecified atom stereocenters. The molecule has 2 aromatic rings. The zero-order chi connectivity index (χ0) is 9.26. The monoisotopic (exact) mass is 176 g/mol. The molecule has 0 amide bonds. The molecule has 0 saturated carbocycles. The Morgan fingerprint density at radius 3 is 2.92 bits per heavy atom. The summed E-state index contributed by atoms with van der Waals surface area (Å²) in [7, 11) is 0. The predicted octanol–water partition coefficient (Wildman–Crippen LogP) is 0.828. The normalized spacial score (nSPS) is 10.5. The van der Waals surface area contributed by atoms with Crippen LogP contribution in [0.1, 0.15) is 5.69 Å². The number of rotatable bonds is 1. The van der Waals surface area contributed by atoms with Crippen molar-refractivity contribution in [3.63, 3.8) is 0 Å². The van der Waals surface area contributed by atoms with Crippen LogP contribution in [0.25, 0.3) is 11.0 Å². The van der Waals surface area contributed by atoms with E-state index in [1.54, 1.807) is 12.1 Å². The fourth-order valence-corrected chi connectivity index (χ4v) is 1.13. The lowest BCUT2D eigenvalue weighted by Gasteiger charge is -2.00. The Hall–Kier alpha value is -1.68. The molecule has 0 aliphatic carbocycles. The summed E-state index contributed by atoms with van der Waals surface area (Å²) in [6, 6.07) is 4.99. The summed E-state index contributed by atoms with van der Waals surface area (Å²) in [5, 5.41) is 18.2. The second-order valence-electron chi connectivity index (χ2n) is 2.66. The first kappa shape index (κ1) is 7.94. The number of para-hydroxylation sites is 1. The summed E-state index contributed by atoms with van der Waals surface area (Å²) < 4.78 is 0. The molecule has 0 saturated heterocycles. The number of phenolic OH excluding ortho intramolecular Hbond substituents is 1. The highest BCUT2D eigenvalue weighted by Gasteiger charge is 2.02. The highest BCUT2D eigenvalue weighted by atomic mass is 16.3. The van der Waals surface area contributed by atoms with Gasteiger partial charge in [0.05, 0.1) is 24.0 Å². The Labute approximate surface area is 74.5 Å². The van der Waals surface area contributed by atoms with Crippen LogP contribution in [0.4, 0.5) is 0 Å². The molecule has 1 aromatic heterocycles. The fourth-order valence-electron chi connectivity index (χ4n) is 1.13. The molecular weight excluding hydrogens is 168 g/mol. The van der Waals surface area contributed by atoms with Crippen LogP contribution in [0.3, 0.4) is 0 Å². The SMILES string of the molecule is OCc1cnc2cccc(O)c2n1. The highest BCUT2D eigenvalue weighted by Crippen LogP contribution is 2.20. The van der Waals surface area contributed by atoms with Gasteiger partial charge in [-0.15, -0.1) is 0 Å². The van der Waals surface area contributed by atoms with E-state index in [9.17, 15) is 5.11 Å². The maximum atomic E-state index is 9.41. The maximum Gasteiger partial charge on any atom is 0.143 e. The number of hydrogen-bond acceptors (Lipinski definition) is 4. The number of phenols is 1. The molecule has 0 aliphatic rings. The van der Waals surface area contributed by atoms with Crippen LogP contribution >= 0.6 is 0 Å². The number of benzene rings is 1. The summed E-state index contributed by atoms with van der Waals surface area (Å²) in [5.41, 5.74) is 1.50. The quantitative estimate of drug-likeness (QED) is 0.675. The summed E-state index contributed by atoms with van der Waals surface area (Å²) in [5.74, 6) is 0.0836. The second-order valence-corrected chi connectivity index (χ2v) is 2.66.